The Kier molecular flexibility index (Phi) is 8.71. The van der Waals surface area contributed by atoms with Gasteiger partial charge in [0.2, 0.25) is 0 Å². The molecule has 8 heteroatoms. The van der Waals surface area contributed by atoms with Gasteiger partial charge in [0.15, 0.2) is 11.4 Å². The molecule has 1 N–H and O–H groups in total. The Hall–Kier alpha value is -2.00. The van der Waals surface area contributed by atoms with Crippen LogP contribution in [0.4, 0.5) is 0 Å². The van der Waals surface area contributed by atoms with E-state index in [9.17, 15) is 4.79 Å². The smallest absolute Gasteiger partial charge is 0.252 e. The maximum atomic E-state index is 13.7. The summed E-state index contributed by atoms with van der Waals surface area (Å²) in [5.41, 5.74) is 1.93. The molecular weight excluding hydrogens is 482 g/mol. The highest BCUT2D eigenvalue weighted by molar-refractivity contribution is 6.30. The van der Waals surface area contributed by atoms with E-state index in [1.54, 1.807) is 7.11 Å². The van der Waals surface area contributed by atoms with E-state index in [2.05, 4.69) is 5.32 Å². The summed E-state index contributed by atoms with van der Waals surface area (Å²) >= 11 is 6.17. The summed E-state index contributed by atoms with van der Waals surface area (Å²) in [6, 6.07) is 15.6. The van der Waals surface area contributed by atoms with Gasteiger partial charge in [0.05, 0.1) is 32.0 Å². The van der Waals surface area contributed by atoms with Crippen LogP contribution in [0.25, 0.3) is 0 Å². The molecule has 0 bridgehead atoms. The number of halogens is 1. The minimum Gasteiger partial charge on any atom is -0.383 e. The van der Waals surface area contributed by atoms with E-state index in [1.807, 2.05) is 69.3 Å². The molecular formula is C28H36ClNO6. The normalized spacial score (nSPS) is 27.0. The second-order valence-corrected chi connectivity index (χ2v) is 10.4. The van der Waals surface area contributed by atoms with Gasteiger partial charge in [-0.05, 0) is 49.6 Å². The Labute approximate surface area is 218 Å². The van der Waals surface area contributed by atoms with Gasteiger partial charge in [-0.2, -0.15) is 0 Å². The van der Waals surface area contributed by atoms with Gasteiger partial charge in [0.1, 0.15) is 6.10 Å². The van der Waals surface area contributed by atoms with Crippen molar-refractivity contribution in [2.75, 3.05) is 20.3 Å². The molecule has 2 aliphatic rings. The predicted octanol–water partition coefficient (Wildman–Crippen LogP) is 4.57. The molecule has 0 spiro atoms. The highest BCUT2D eigenvalue weighted by Gasteiger charge is 2.58. The Morgan fingerprint density at radius 1 is 1.11 bits per heavy atom. The van der Waals surface area contributed by atoms with E-state index in [0.29, 0.717) is 44.2 Å². The first-order valence-corrected chi connectivity index (χ1v) is 12.8. The van der Waals surface area contributed by atoms with E-state index >= 15 is 0 Å². The number of amides is 1. The second kappa shape index (κ2) is 11.6. The lowest BCUT2D eigenvalue weighted by molar-refractivity contribution is -0.183. The zero-order chi connectivity index (χ0) is 25.8. The number of hydrogen-bond acceptors (Lipinski definition) is 6. The topological polar surface area (TPSA) is 75.3 Å². The third-order valence-electron chi connectivity index (χ3n) is 6.77. The molecule has 2 aromatic rings. The van der Waals surface area contributed by atoms with Crippen LogP contribution < -0.4 is 5.32 Å². The van der Waals surface area contributed by atoms with Crippen molar-refractivity contribution >= 4 is 17.5 Å². The van der Waals surface area contributed by atoms with Gasteiger partial charge in [0, 0.05) is 31.5 Å². The van der Waals surface area contributed by atoms with Gasteiger partial charge >= 0.3 is 0 Å². The Morgan fingerprint density at radius 3 is 2.67 bits per heavy atom. The average molecular weight is 518 g/mol. The predicted molar refractivity (Wildman–Crippen MR) is 137 cm³/mol. The van der Waals surface area contributed by atoms with Crippen molar-refractivity contribution in [3.05, 3.63) is 70.2 Å². The fourth-order valence-electron chi connectivity index (χ4n) is 4.95. The van der Waals surface area contributed by atoms with Crippen molar-refractivity contribution in [3.63, 3.8) is 0 Å². The fourth-order valence-corrected chi connectivity index (χ4v) is 5.17. The van der Waals surface area contributed by atoms with Crippen LogP contribution in [0, 0.1) is 6.92 Å². The SMILES string of the molecule is COCCNC(=O)[C@@]1(OCc2ccccc2C)CC(OCc2cccc(Cl)c2)[C@@H]2OC(C)(C)O[C@@H]2C1. The van der Waals surface area contributed by atoms with Crippen LogP contribution in [-0.4, -0.2) is 55.9 Å². The maximum Gasteiger partial charge on any atom is 0.252 e. The molecule has 196 valence electrons. The molecule has 1 aliphatic heterocycles. The summed E-state index contributed by atoms with van der Waals surface area (Å²) in [6.07, 6.45) is -0.402. The number of fused-ring (bicyclic) bond motifs is 1. The Morgan fingerprint density at radius 2 is 1.92 bits per heavy atom. The first-order valence-electron chi connectivity index (χ1n) is 12.4. The Balaban J connectivity index is 1.60. The third kappa shape index (κ3) is 6.46. The number of ether oxygens (including phenoxy) is 5. The number of aryl methyl sites for hydroxylation is 1. The lowest BCUT2D eigenvalue weighted by Gasteiger charge is -2.43. The Bertz CT molecular complexity index is 1050. The molecule has 2 fully saturated rings. The van der Waals surface area contributed by atoms with E-state index in [-0.39, 0.29) is 18.1 Å². The van der Waals surface area contributed by atoms with E-state index in [4.69, 9.17) is 35.3 Å². The van der Waals surface area contributed by atoms with E-state index < -0.39 is 17.5 Å². The highest BCUT2D eigenvalue weighted by Crippen LogP contribution is 2.44. The van der Waals surface area contributed by atoms with E-state index in [1.165, 1.54) is 0 Å². The summed E-state index contributed by atoms with van der Waals surface area (Å²) in [5, 5.41) is 3.64. The molecule has 1 unspecified atom stereocenters. The number of methoxy groups -OCH3 is 1. The van der Waals surface area contributed by atoms with Gasteiger partial charge in [-0.1, -0.05) is 48.0 Å². The number of hydrogen-bond donors (Lipinski definition) is 1. The van der Waals surface area contributed by atoms with Gasteiger partial charge in [-0.3, -0.25) is 4.79 Å². The quantitative estimate of drug-likeness (QED) is 0.465. The first-order chi connectivity index (χ1) is 17.2. The maximum absolute atomic E-state index is 13.7. The molecule has 36 heavy (non-hydrogen) atoms. The first kappa shape index (κ1) is 27.0. The molecule has 1 aliphatic carbocycles. The zero-order valence-corrected chi connectivity index (χ0v) is 22.2. The average Bonchev–Trinajstić information content (AvgIpc) is 3.16. The number of carbonyl (C=O) groups is 1. The number of nitrogens with one attached hydrogen (secondary N) is 1. The summed E-state index contributed by atoms with van der Waals surface area (Å²) in [7, 11) is 1.60. The molecule has 4 atom stereocenters. The van der Waals surface area contributed by atoms with Crippen molar-refractivity contribution in [3.8, 4) is 0 Å². The van der Waals surface area contributed by atoms with Crippen molar-refractivity contribution in [1.82, 2.24) is 5.32 Å². The van der Waals surface area contributed by atoms with Crippen LogP contribution in [0.15, 0.2) is 48.5 Å². The van der Waals surface area contributed by atoms with Crippen LogP contribution in [0.3, 0.4) is 0 Å². The van der Waals surface area contributed by atoms with Crippen molar-refractivity contribution in [1.29, 1.82) is 0 Å². The second-order valence-electron chi connectivity index (χ2n) is 9.98. The van der Waals surface area contributed by atoms with Crippen LogP contribution >= 0.6 is 11.6 Å². The molecule has 1 heterocycles. The molecule has 4 rings (SSSR count). The van der Waals surface area contributed by atoms with Crippen LogP contribution in [0.5, 0.6) is 0 Å². The standard InChI is InChI=1S/C28H36ClNO6/c1-19-8-5-6-10-21(19)18-34-28(26(31)30-12-13-32-4)15-23(25-24(16-28)35-27(2,3)36-25)33-17-20-9-7-11-22(29)14-20/h5-11,14,23-25H,12-13,15-18H2,1-4H3,(H,30,31)/t23?,24-,25+,28-/m1/s1. The van der Waals surface area contributed by atoms with Gasteiger partial charge in [-0.15, -0.1) is 0 Å². The van der Waals surface area contributed by atoms with Crippen molar-refractivity contribution in [2.24, 2.45) is 0 Å². The summed E-state index contributed by atoms with van der Waals surface area (Å²) in [5.74, 6) is -0.984. The number of rotatable bonds is 10. The molecule has 0 aromatic heterocycles. The highest BCUT2D eigenvalue weighted by atomic mass is 35.5. The van der Waals surface area contributed by atoms with Crippen molar-refractivity contribution in [2.45, 2.75) is 76.5 Å². The van der Waals surface area contributed by atoms with Crippen LogP contribution in [-0.2, 0) is 41.7 Å². The molecule has 1 saturated heterocycles. The zero-order valence-electron chi connectivity index (χ0n) is 21.4. The third-order valence-corrected chi connectivity index (χ3v) is 7.01. The minimum absolute atomic E-state index is 0.198. The monoisotopic (exact) mass is 517 g/mol. The van der Waals surface area contributed by atoms with Crippen LogP contribution in [0.2, 0.25) is 5.02 Å². The molecule has 2 aromatic carbocycles. The van der Waals surface area contributed by atoms with Gasteiger partial charge in [0.25, 0.3) is 5.91 Å². The minimum atomic E-state index is -1.15. The van der Waals surface area contributed by atoms with Crippen molar-refractivity contribution < 1.29 is 28.5 Å². The summed E-state index contributed by atoms with van der Waals surface area (Å²) in [6.45, 7) is 7.23. The summed E-state index contributed by atoms with van der Waals surface area (Å²) < 4.78 is 30.5. The molecule has 1 saturated carbocycles. The molecule has 0 radical (unpaired) electrons. The molecule has 1 amide bonds. The number of carbonyl (C=O) groups excluding carboxylic acids is 1. The lowest BCUT2D eigenvalue weighted by Crippen LogP contribution is -2.60. The molecule has 7 nitrogen and oxygen atoms in total. The van der Waals surface area contributed by atoms with E-state index in [0.717, 1.165) is 16.7 Å². The summed E-state index contributed by atoms with van der Waals surface area (Å²) in [4.78, 5) is 13.7. The number of benzene rings is 2. The van der Waals surface area contributed by atoms with Crippen LogP contribution in [0.1, 0.15) is 43.4 Å². The largest absolute Gasteiger partial charge is 0.383 e. The fraction of sp³-hybridized carbons (Fsp3) is 0.536. The van der Waals surface area contributed by atoms with Gasteiger partial charge < -0.3 is 29.0 Å². The lowest BCUT2D eigenvalue weighted by atomic mass is 9.78. The van der Waals surface area contributed by atoms with Gasteiger partial charge in [-0.25, -0.2) is 0 Å².